The molecular weight excluding hydrogens is 301 g/mol. The number of esters is 1. The first-order chi connectivity index (χ1) is 8.89. The van der Waals surface area contributed by atoms with Crippen molar-refractivity contribution in [2.24, 2.45) is 5.41 Å². The Morgan fingerprint density at radius 2 is 1.85 bits per heavy atom. The third-order valence-corrected chi connectivity index (χ3v) is 3.63. The highest BCUT2D eigenvalue weighted by Crippen LogP contribution is 2.43. The summed E-state index contributed by atoms with van der Waals surface area (Å²) in [6, 6.07) is 0. The monoisotopic (exact) mass is 316 g/mol. The molecule has 0 unspecified atom stereocenters. The van der Waals surface area contributed by atoms with Gasteiger partial charge < -0.3 is 8.92 Å². The fraction of sp³-hybridized carbons (Fsp3) is 0.727. The molecule has 0 amide bonds. The van der Waals surface area contributed by atoms with E-state index in [1.807, 2.05) is 0 Å². The zero-order chi connectivity index (χ0) is 15.8. The highest BCUT2D eigenvalue weighted by Gasteiger charge is 2.50. The average Bonchev–Trinajstić information content (AvgIpc) is 2.51. The van der Waals surface area contributed by atoms with E-state index in [0.717, 1.165) is 0 Å². The van der Waals surface area contributed by atoms with E-state index < -0.39 is 32.8 Å². The predicted octanol–water partition coefficient (Wildman–Crippen LogP) is 2.49. The van der Waals surface area contributed by atoms with Crippen molar-refractivity contribution in [1.82, 2.24) is 0 Å². The normalized spacial score (nSPS) is 19.1. The van der Waals surface area contributed by atoms with Gasteiger partial charge in [-0.15, -0.1) is 0 Å². The molecule has 0 spiro atoms. The van der Waals surface area contributed by atoms with Crippen LogP contribution in [0, 0.1) is 5.41 Å². The minimum Gasteiger partial charge on any atom is -0.463 e. The second-order valence-electron chi connectivity index (χ2n) is 5.12. The Morgan fingerprint density at radius 1 is 1.30 bits per heavy atom. The van der Waals surface area contributed by atoms with Gasteiger partial charge in [0.15, 0.2) is 0 Å². The molecule has 1 aliphatic carbocycles. The number of alkyl halides is 3. The van der Waals surface area contributed by atoms with Crippen LogP contribution in [-0.4, -0.2) is 26.5 Å². The average molecular weight is 316 g/mol. The molecule has 0 saturated carbocycles. The molecule has 0 aliphatic heterocycles. The summed E-state index contributed by atoms with van der Waals surface area (Å²) in [6.45, 7) is 4.93. The van der Waals surface area contributed by atoms with Gasteiger partial charge in [-0.3, -0.25) is 0 Å². The summed E-state index contributed by atoms with van der Waals surface area (Å²) in [4.78, 5) is 11.6. The molecule has 1 rings (SSSR count). The zero-order valence-electron chi connectivity index (χ0n) is 11.2. The molecule has 0 fully saturated rings. The lowest BCUT2D eigenvalue weighted by Gasteiger charge is -2.16. The summed E-state index contributed by atoms with van der Waals surface area (Å²) in [5, 5.41) is 0. The zero-order valence-corrected chi connectivity index (χ0v) is 12.0. The van der Waals surface area contributed by atoms with Gasteiger partial charge in [0.2, 0.25) is 0 Å². The van der Waals surface area contributed by atoms with Crippen molar-refractivity contribution in [3.63, 3.8) is 0 Å². The van der Waals surface area contributed by atoms with Gasteiger partial charge >= 0.3 is 21.6 Å². The third-order valence-electron chi connectivity index (χ3n) is 2.65. The van der Waals surface area contributed by atoms with Crippen LogP contribution >= 0.6 is 0 Å². The van der Waals surface area contributed by atoms with Crippen LogP contribution in [0.15, 0.2) is 11.3 Å². The number of halogens is 3. The van der Waals surface area contributed by atoms with Crippen molar-refractivity contribution in [2.75, 3.05) is 6.61 Å². The standard InChI is InChI=1S/C11H15F3O5S/c1-4-18-9(15)7-5-10(2,3)6-8(7)19-20(16,17)11(12,13)14/h4-6H2,1-3H3. The SMILES string of the molecule is CCOC(=O)C1=C(OS(=O)(=O)C(F)(F)F)CC(C)(C)C1. The topological polar surface area (TPSA) is 69.7 Å². The molecular formula is C11H15F3O5S. The van der Waals surface area contributed by atoms with E-state index in [4.69, 9.17) is 4.74 Å². The maximum absolute atomic E-state index is 12.3. The molecule has 20 heavy (non-hydrogen) atoms. The number of rotatable bonds is 4. The first-order valence-electron chi connectivity index (χ1n) is 5.79. The first-order valence-corrected chi connectivity index (χ1v) is 7.20. The fourth-order valence-electron chi connectivity index (χ4n) is 1.84. The van der Waals surface area contributed by atoms with E-state index >= 15 is 0 Å². The molecule has 9 heteroatoms. The Balaban J connectivity index is 3.11. The smallest absolute Gasteiger partial charge is 0.463 e. The molecule has 0 saturated heterocycles. The van der Waals surface area contributed by atoms with E-state index in [1.165, 1.54) is 6.92 Å². The molecule has 1 aliphatic rings. The summed E-state index contributed by atoms with van der Waals surface area (Å²) in [6.07, 6.45) is 0.00496. The first kappa shape index (κ1) is 16.8. The Kier molecular flexibility index (Phi) is 4.42. The van der Waals surface area contributed by atoms with Gasteiger partial charge in [-0.05, 0) is 18.8 Å². The van der Waals surface area contributed by atoms with Crippen LogP contribution in [0.5, 0.6) is 0 Å². The minimum absolute atomic E-state index is 0.0298. The van der Waals surface area contributed by atoms with Crippen molar-refractivity contribution >= 4 is 16.1 Å². The molecule has 0 aromatic heterocycles. The van der Waals surface area contributed by atoms with Crippen LogP contribution in [0.3, 0.4) is 0 Å². The largest absolute Gasteiger partial charge is 0.534 e. The van der Waals surface area contributed by atoms with Crippen LogP contribution in [0.4, 0.5) is 13.2 Å². The molecule has 0 bridgehead atoms. The second kappa shape index (κ2) is 5.27. The van der Waals surface area contributed by atoms with Crippen molar-refractivity contribution in [2.45, 2.75) is 39.1 Å². The van der Waals surface area contributed by atoms with E-state index in [0.29, 0.717) is 0 Å². The predicted molar refractivity (Wildman–Crippen MR) is 62.7 cm³/mol. The maximum Gasteiger partial charge on any atom is 0.534 e. The number of carbonyl (C=O) groups is 1. The number of ether oxygens (including phenoxy) is 1. The summed E-state index contributed by atoms with van der Waals surface area (Å²) >= 11 is 0. The second-order valence-corrected chi connectivity index (χ2v) is 6.66. The van der Waals surface area contributed by atoms with Gasteiger partial charge in [0.1, 0.15) is 5.76 Å². The van der Waals surface area contributed by atoms with E-state index in [-0.39, 0.29) is 25.0 Å². The van der Waals surface area contributed by atoms with Crippen LogP contribution in [0.2, 0.25) is 0 Å². The van der Waals surface area contributed by atoms with Gasteiger partial charge in [0, 0.05) is 6.42 Å². The lowest BCUT2D eigenvalue weighted by molar-refractivity contribution is -0.138. The molecule has 0 aromatic rings. The molecule has 0 N–H and O–H groups in total. The van der Waals surface area contributed by atoms with Gasteiger partial charge in [-0.1, -0.05) is 13.8 Å². The maximum atomic E-state index is 12.3. The summed E-state index contributed by atoms with van der Waals surface area (Å²) < 4.78 is 67.7. The lowest BCUT2D eigenvalue weighted by atomic mass is 9.89. The Labute approximate surface area is 114 Å². The van der Waals surface area contributed by atoms with Crippen LogP contribution < -0.4 is 0 Å². The van der Waals surface area contributed by atoms with Gasteiger partial charge in [-0.25, -0.2) is 4.79 Å². The summed E-state index contributed by atoms with van der Waals surface area (Å²) in [5.74, 6) is -1.35. The molecule has 0 heterocycles. The minimum atomic E-state index is -5.78. The quantitative estimate of drug-likeness (QED) is 0.453. The van der Waals surface area contributed by atoms with Crippen molar-refractivity contribution < 1.29 is 35.3 Å². The summed E-state index contributed by atoms with van der Waals surface area (Å²) in [5.41, 5.74) is -6.27. The van der Waals surface area contributed by atoms with E-state index in [2.05, 4.69) is 4.18 Å². The van der Waals surface area contributed by atoms with Crippen molar-refractivity contribution in [3.8, 4) is 0 Å². The molecule has 5 nitrogen and oxygen atoms in total. The van der Waals surface area contributed by atoms with E-state index in [9.17, 15) is 26.4 Å². The van der Waals surface area contributed by atoms with Crippen LogP contribution in [-0.2, 0) is 23.8 Å². The van der Waals surface area contributed by atoms with E-state index in [1.54, 1.807) is 13.8 Å². The fourth-order valence-corrected chi connectivity index (χ4v) is 2.36. The van der Waals surface area contributed by atoms with Crippen LogP contribution in [0.25, 0.3) is 0 Å². The Hall–Kier alpha value is -1.25. The molecule has 0 radical (unpaired) electrons. The van der Waals surface area contributed by atoms with Crippen molar-refractivity contribution in [3.05, 3.63) is 11.3 Å². The van der Waals surface area contributed by atoms with Gasteiger partial charge in [0.05, 0.1) is 12.2 Å². The molecule has 0 atom stereocenters. The van der Waals surface area contributed by atoms with Crippen LogP contribution in [0.1, 0.15) is 33.6 Å². The molecule has 0 aromatic carbocycles. The summed E-state index contributed by atoms with van der Waals surface area (Å²) in [7, 11) is -5.78. The van der Waals surface area contributed by atoms with Gasteiger partial charge in [-0.2, -0.15) is 21.6 Å². The molecule has 116 valence electrons. The Morgan fingerprint density at radius 3 is 2.30 bits per heavy atom. The Bertz CT molecular complexity index is 531. The highest BCUT2D eigenvalue weighted by atomic mass is 32.2. The highest BCUT2D eigenvalue weighted by molar-refractivity contribution is 7.87. The van der Waals surface area contributed by atoms with Gasteiger partial charge in [0.25, 0.3) is 0 Å². The third kappa shape index (κ3) is 3.65. The number of carbonyl (C=O) groups excluding carboxylic acids is 1. The number of allylic oxidation sites excluding steroid dienone is 1. The van der Waals surface area contributed by atoms with Crippen molar-refractivity contribution in [1.29, 1.82) is 0 Å². The number of hydrogen-bond acceptors (Lipinski definition) is 5. The lowest BCUT2D eigenvalue weighted by Crippen LogP contribution is -2.26. The number of hydrogen-bond donors (Lipinski definition) is 0.